The minimum absolute atomic E-state index is 0.0124. The van der Waals surface area contributed by atoms with Crippen LogP contribution >= 0.6 is 0 Å². The van der Waals surface area contributed by atoms with Crippen molar-refractivity contribution in [3.8, 4) is 0 Å². The number of aryl methyl sites for hydroxylation is 2. The molecule has 0 spiro atoms. The third-order valence-electron chi connectivity index (χ3n) is 5.73. The zero-order chi connectivity index (χ0) is 19.4. The Morgan fingerprint density at radius 1 is 1.15 bits per heavy atom. The summed E-state index contributed by atoms with van der Waals surface area (Å²) in [7, 11) is 0. The van der Waals surface area contributed by atoms with E-state index in [1.54, 1.807) is 0 Å². The number of nitrogens with one attached hydrogen (secondary N) is 1. The molecule has 1 heterocycles. The Bertz CT molecular complexity index is 781. The number of rotatable bonds is 5. The first-order valence-electron chi connectivity index (χ1n) is 10.1. The summed E-state index contributed by atoms with van der Waals surface area (Å²) in [4.78, 5) is 14.9. The van der Waals surface area contributed by atoms with Gasteiger partial charge in [0.15, 0.2) is 0 Å². The van der Waals surface area contributed by atoms with Crippen molar-refractivity contribution >= 4 is 11.6 Å². The van der Waals surface area contributed by atoms with Crippen molar-refractivity contribution in [1.82, 2.24) is 5.32 Å². The number of piperidine rings is 1. The minimum Gasteiger partial charge on any atom is -0.371 e. The zero-order valence-corrected chi connectivity index (χ0v) is 17.1. The van der Waals surface area contributed by atoms with Gasteiger partial charge in [0.25, 0.3) is 0 Å². The molecule has 0 saturated carbocycles. The van der Waals surface area contributed by atoms with Crippen LogP contribution < -0.4 is 10.2 Å². The standard InChI is InChI=1S/C24H32N2O/c1-17-6-5-13-26(16-17)23-11-9-22(10-12-23)20(4)25-24(27)15-21-8-7-18(2)19(3)14-21/h7-12,14,17,20H,5-6,13,15-16H2,1-4H3,(H,25,27). The van der Waals surface area contributed by atoms with Crippen LogP contribution in [0, 0.1) is 19.8 Å². The number of hydrogen-bond acceptors (Lipinski definition) is 2. The van der Waals surface area contributed by atoms with Crippen molar-refractivity contribution < 1.29 is 4.79 Å². The molecule has 2 atom stereocenters. The molecule has 0 aromatic heterocycles. The fourth-order valence-electron chi connectivity index (χ4n) is 3.87. The Balaban J connectivity index is 1.57. The summed E-state index contributed by atoms with van der Waals surface area (Å²) in [6.45, 7) is 10.8. The second-order valence-electron chi connectivity index (χ2n) is 8.17. The van der Waals surface area contributed by atoms with Crippen LogP contribution in [0.1, 0.15) is 55.0 Å². The summed E-state index contributed by atoms with van der Waals surface area (Å²) in [5.74, 6) is 0.835. The molecule has 3 heteroatoms. The molecular weight excluding hydrogens is 332 g/mol. The molecule has 1 saturated heterocycles. The van der Waals surface area contributed by atoms with E-state index < -0.39 is 0 Å². The molecule has 3 rings (SSSR count). The highest BCUT2D eigenvalue weighted by molar-refractivity contribution is 5.79. The van der Waals surface area contributed by atoms with E-state index in [9.17, 15) is 4.79 Å². The van der Waals surface area contributed by atoms with Gasteiger partial charge in [0.05, 0.1) is 12.5 Å². The van der Waals surface area contributed by atoms with Gasteiger partial charge in [-0.05, 0) is 73.9 Å². The summed E-state index contributed by atoms with van der Waals surface area (Å²) < 4.78 is 0. The van der Waals surface area contributed by atoms with Crippen molar-refractivity contribution in [1.29, 1.82) is 0 Å². The van der Waals surface area contributed by atoms with Crippen molar-refractivity contribution in [3.63, 3.8) is 0 Å². The Labute approximate surface area is 163 Å². The Morgan fingerprint density at radius 3 is 2.56 bits per heavy atom. The largest absolute Gasteiger partial charge is 0.371 e. The van der Waals surface area contributed by atoms with Crippen LogP contribution in [0.25, 0.3) is 0 Å². The summed E-state index contributed by atoms with van der Waals surface area (Å²) in [5, 5.41) is 3.13. The molecule has 1 aliphatic heterocycles. The van der Waals surface area contributed by atoms with Crippen LogP contribution in [0.15, 0.2) is 42.5 Å². The van der Waals surface area contributed by atoms with E-state index in [4.69, 9.17) is 0 Å². The van der Waals surface area contributed by atoms with Gasteiger partial charge < -0.3 is 10.2 Å². The predicted octanol–water partition coefficient (Wildman–Crippen LogP) is 4.96. The molecule has 2 aromatic rings. The van der Waals surface area contributed by atoms with Crippen LogP contribution in [0.3, 0.4) is 0 Å². The second-order valence-corrected chi connectivity index (χ2v) is 8.17. The predicted molar refractivity (Wildman–Crippen MR) is 113 cm³/mol. The first kappa shape index (κ1) is 19.5. The Hall–Kier alpha value is -2.29. The molecule has 144 valence electrons. The van der Waals surface area contributed by atoms with E-state index in [-0.39, 0.29) is 11.9 Å². The lowest BCUT2D eigenvalue weighted by Crippen LogP contribution is -2.34. The first-order chi connectivity index (χ1) is 12.9. The van der Waals surface area contributed by atoms with Crippen molar-refractivity contribution in [2.45, 2.75) is 53.0 Å². The topological polar surface area (TPSA) is 32.3 Å². The molecule has 2 aromatic carbocycles. The normalized spacial score (nSPS) is 18.2. The number of benzene rings is 2. The molecule has 0 bridgehead atoms. The Morgan fingerprint density at radius 2 is 1.89 bits per heavy atom. The van der Waals surface area contributed by atoms with Crippen molar-refractivity contribution in [3.05, 3.63) is 64.7 Å². The number of hydrogen-bond donors (Lipinski definition) is 1. The van der Waals surface area contributed by atoms with Gasteiger partial charge in [-0.1, -0.05) is 37.3 Å². The summed E-state index contributed by atoms with van der Waals surface area (Å²) >= 11 is 0. The van der Waals surface area contributed by atoms with Crippen LogP contribution in [-0.2, 0) is 11.2 Å². The average Bonchev–Trinajstić information content (AvgIpc) is 2.65. The van der Waals surface area contributed by atoms with Gasteiger partial charge in [-0.25, -0.2) is 0 Å². The summed E-state index contributed by atoms with van der Waals surface area (Å²) in [6, 6.07) is 14.9. The zero-order valence-electron chi connectivity index (χ0n) is 17.1. The molecule has 1 amide bonds. The summed E-state index contributed by atoms with van der Waals surface area (Å²) in [5.41, 5.74) is 6.00. The molecule has 2 unspecified atom stereocenters. The maximum Gasteiger partial charge on any atom is 0.224 e. The van der Waals surface area contributed by atoms with Gasteiger partial charge in [-0.2, -0.15) is 0 Å². The third-order valence-corrected chi connectivity index (χ3v) is 5.73. The number of carbonyl (C=O) groups is 1. The molecule has 27 heavy (non-hydrogen) atoms. The molecule has 0 radical (unpaired) electrons. The van der Waals surface area contributed by atoms with Gasteiger partial charge in [0.2, 0.25) is 5.91 Å². The number of anilines is 1. The van der Waals surface area contributed by atoms with E-state index in [1.165, 1.54) is 29.7 Å². The number of amides is 1. The minimum atomic E-state index is 0.0124. The first-order valence-corrected chi connectivity index (χ1v) is 10.1. The maximum atomic E-state index is 12.4. The quantitative estimate of drug-likeness (QED) is 0.813. The number of nitrogens with zero attached hydrogens (tertiary/aromatic N) is 1. The van der Waals surface area contributed by atoms with Gasteiger partial charge in [-0.15, -0.1) is 0 Å². The van der Waals surface area contributed by atoms with Crippen LogP contribution in [0.5, 0.6) is 0 Å². The van der Waals surface area contributed by atoms with Crippen molar-refractivity contribution in [2.75, 3.05) is 18.0 Å². The fraction of sp³-hybridized carbons (Fsp3) is 0.458. The van der Waals surface area contributed by atoms with Gasteiger partial charge in [-0.3, -0.25) is 4.79 Å². The molecular formula is C24H32N2O. The smallest absolute Gasteiger partial charge is 0.224 e. The molecule has 0 aliphatic carbocycles. The molecule has 1 N–H and O–H groups in total. The van der Waals surface area contributed by atoms with E-state index in [2.05, 4.69) is 74.3 Å². The van der Waals surface area contributed by atoms with Crippen LogP contribution in [0.4, 0.5) is 5.69 Å². The van der Waals surface area contributed by atoms with Gasteiger partial charge in [0.1, 0.15) is 0 Å². The highest BCUT2D eigenvalue weighted by Gasteiger charge is 2.17. The lowest BCUT2D eigenvalue weighted by atomic mass is 9.99. The van der Waals surface area contributed by atoms with Crippen molar-refractivity contribution in [2.24, 2.45) is 5.92 Å². The number of carbonyl (C=O) groups excluding carboxylic acids is 1. The van der Waals surface area contributed by atoms with Crippen LogP contribution in [0.2, 0.25) is 0 Å². The average molecular weight is 365 g/mol. The van der Waals surface area contributed by atoms with E-state index >= 15 is 0 Å². The molecule has 1 aliphatic rings. The highest BCUT2D eigenvalue weighted by Crippen LogP contribution is 2.24. The maximum absolute atomic E-state index is 12.4. The lowest BCUT2D eigenvalue weighted by Gasteiger charge is -2.33. The lowest BCUT2D eigenvalue weighted by molar-refractivity contribution is -0.121. The van der Waals surface area contributed by atoms with Gasteiger partial charge >= 0.3 is 0 Å². The van der Waals surface area contributed by atoms with E-state index in [1.807, 2.05) is 6.07 Å². The SMILES string of the molecule is Cc1ccc(CC(=O)NC(C)c2ccc(N3CCCC(C)C3)cc2)cc1C. The Kier molecular flexibility index (Phi) is 6.20. The summed E-state index contributed by atoms with van der Waals surface area (Å²) in [6.07, 6.45) is 3.03. The highest BCUT2D eigenvalue weighted by atomic mass is 16.1. The third kappa shape index (κ3) is 5.12. The monoisotopic (exact) mass is 364 g/mol. The van der Waals surface area contributed by atoms with E-state index in [0.717, 1.165) is 30.1 Å². The van der Waals surface area contributed by atoms with E-state index in [0.29, 0.717) is 6.42 Å². The second kappa shape index (κ2) is 8.60. The van der Waals surface area contributed by atoms with Gasteiger partial charge in [0, 0.05) is 18.8 Å². The fourth-order valence-corrected chi connectivity index (χ4v) is 3.87. The molecule has 3 nitrogen and oxygen atoms in total. The molecule has 1 fully saturated rings. The van der Waals surface area contributed by atoms with Crippen LogP contribution in [-0.4, -0.2) is 19.0 Å².